The van der Waals surface area contributed by atoms with Crippen molar-refractivity contribution in [2.75, 3.05) is 45.8 Å². The fourth-order valence-corrected chi connectivity index (χ4v) is 5.62. The molecule has 12 heteroatoms. The second-order valence-electron chi connectivity index (χ2n) is 17.4. The number of aliphatic hydroxyl groups excluding tert-OH is 2. The summed E-state index contributed by atoms with van der Waals surface area (Å²) in [6.07, 6.45) is 4.00. The maximum atomic E-state index is 10.6. The summed E-state index contributed by atoms with van der Waals surface area (Å²) < 4.78 is 42.2. The highest BCUT2D eigenvalue weighted by molar-refractivity contribution is 7.86. The van der Waals surface area contributed by atoms with Crippen molar-refractivity contribution in [3.63, 3.8) is 0 Å². The van der Waals surface area contributed by atoms with Gasteiger partial charge in [-0.25, -0.2) is 0 Å². The van der Waals surface area contributed by atoms with E-state index in [1.54, 1.807) is 20.8 Å². The summed E-state index contributed by atoms with van der Waals surface area (Å²) in [5.41, 5.74) is 1.84. The van der Waals surface area contributed by atoms with Crippen LogP contribution in [0.25, 0.3) is 0 Å². The lowest BCUT2D eigenvalue weighted by Crippen LogP contribution is -2.39. The van der Waals surface area contributed by atoms with Gasteiger partial charge in [-0.15, -0.1) is 0 Å². The molecule has 3 N–H and O–H groups in total. The molecule has 2 aromatic rings. The Hall–Kier alpha value is -3.00. The van der Waals surface area contributed by atoms with Crippen LogP contribution in [0.15, 0.2) is 61.2 Å². The van der Waals surface area contributed by atoms with Crippen molar-refractivity contribution < 1.29 is 41.8 Å². The van der Waals surface area contributed by atoms with Gasteiger partial charge in [-0.1, -0.05) is 65.0 Å². The van der Waals surface area contributed by atoms with Crippen molar-refractivity contribution in [1.29, 1.82) is 0 Å². The number of amides is 1. The summed E-state index contributed by atoms with van der Waals surface area (Å²) in [4.78, 5) is 13.0. The van der Waals surface area contributed by atoms with Crippen molar-refractivity contribution in [3.8, 4) is 11.5 Å². The van der Waals surface area contributed by atoms with E-state index in [9.17, 15) is 23.4 Å². The Labute approximate surface area is 340 Å². The van der Waals surface area contributed by atoms with Gasteiger partial charge >= 0.3 is 0 Å². The van der Waals surface area contributed by atoms with Crippen LogP contribution < -0.4 is 14.8 Å². The molecule has 2 unspecified atom stereocenters. The SMILES string of the molecule is C=CC(=O)NC(C)(C)C.CC(C)(C)N1CC1.CC(C)(C)OS(C)(=O)=O.CCCCOCC(O)COc1ccc(C(C)(C)c2ccc(OCC(O)CC)cc2)cc1. The van der Waals surface area contributed by atoms with Gasteiger partial charge in [-0.05, 0) is 117 Å². The standard InChI is InChI=1S/C26H38O5.C7H13NO.C6H13N.C5H12O3S/c1-5-7-16-29-17-23(28)19-31-25-14-10-21(11-15-25)26(3,4)20-8-12-24(13-9-20)30-18-22(27)6-2;1-5-6(9)8-7(2,3)4;1-6(2,3)7-4-5-7;1-5(2,3)8-9(4,6)7/h8-15,22-23,27-28H,5-7,16-19H2,1-4H3;5H,1H2,2-4H3,(H,8,9);4-5H2,1-3H3;1-4H3. The van der Waals surface area contributed by atoms with E-state index in [2.05, 4.69) is 86.8 Å². The first kappa shape index (κ1) is 53.0. The number of hydrogen-bond donors (Lipinski definition) is 3. The number of hydrogen-bond acceptors (Lipinski definition) is 10. The molecule has 11 nitrogen and oxygen atoms in total. The molecule has 1 saturated heterocycles. The fraction of sp³-hybridized carbons (Fsp3) is 0.659. The Bertz CT molecular complexity index is 1490. The Morgan fingerprint density at radius 1 is 0.804 bits per heavy atom. The number of aliphatic hydroxyl groups is 2. The van der Waals surface area contributed by atoms with Crippen molar-refractivity contribution in [3.05, 3.63) is 72.3 Å². The molecular formula is C44H76N2O9S. The summed E-state index contributed by atoms with van der Waals surface area (Å²) in [5.74, 6) is 1.36. The normalized spacial score (nSPS) is 14.3. The van der Waals surface area contributed by atoms with E-state index in [1.165, 1.54) is 30.3 Å². The van der Waals surface area contributed by atoms with Crippen LogP contribution in [0.3, 0.4) is 0 Å². The van der Waals surface area contributed by atoms with Gasteiger partial charge in [0.25, 0.3) is 10.1 Å². The largest absolute Gasteiger partial charge is 0.491 e. The average Bonchev–Trinajstić information content (AvgIpc) is 3.94. The van der Waals surface area contributed by atoms with Gasteiger partial charge in [0.15, 0.2) is 0 Å². The Balaban J connectivity index is 0.000000970. The highest BCUT2D eigenvalue weighted by Gasteiger charge is 2.29. The maximum Gasteiger partial charge on any atom is 0.264 e. The molecule has 0 radical (unpaired) electrons. The summed E-state index contributed by atoms with van der Waals surface area (Å²) in [6.45, 7) is 33.4. The average molecular weight is 809 g/mol. The first-order valence-electron chi connectivity index (χ1n) is 19.6. The second-order valence-corrected chi connectivity index (χ2v) is 19.0. The van der Waals surface area contributed by atoms with Crippen molar-refractivity contribution in [2.45, 2.75) is 144 Å². The molecule has 1 fully saturated rings. The van der Waals surface area contributed by atoms with E-state index in [0.717, 1.165) is 30.6 Å². The predicted octanol–water partition coefficient (Wildman–Crippen LogP) is 7.67. The van der Waals surface area contributed by atoms with Crippen LogP contribution in [0.2, 0.25) is 0 Å². The van der Waals surface area contributed by atoms with E-state index in [0.29, 0.717) is 31.8 Å². The number of nitrogens with one attached hydrogen (secondary N) is 1. The van der Waals surface area contributed by atoms with Gasteiger partial charge in [0.2, 0.25) is 5.91 Å². The van der Waals surface area contributed by atoms with Crippen molar-refractivity contribution in [1.82, 2.24) is 10.2 Å². The molecule has 0 bridgehead atoms. The van der Waals surface area contributed by atoms with Gasteiger partial charge < -0.3 is 29.7 Å². The summed E-state index contributed by atoms with van der Waals surface area (Å²) in [7, 11) is -3.28. The van der Waals surface area contributed by atoms with Crippen LogP contribution in [0.5, 0.6) is 11.5 Å². The van der Waals surface area contributed by atoms with Crippen LogP contribution in [0.4, 0.5) is 0 Å². The van der Waals surface area contributed by atoms with E-state index in [4.69, 9.17) is 14.2 Å². The zero-order valence-electron chi connectivity index (χ0n) is 37.0. The number of carbonyl (C=O) groups excluding carboxylic acids is 1. The molecule has 0 saturated carbocycles. The third kappa shape index (κ3) is 26.8. The van der Waals surface area contributed by atoms with Crippen LogP contribution in [0.1, 0.15) is 120 Å². The Morgan fingerprint density at radius 2 is 1.25 bits per heavy atom. The lowest BCUT2D eigenvalue weighted by atomic mass is 9.78. The number of unbranched alkanes of at least 4 members (excludes halogenated alkanes) is 1. The van der Waals surface area contributed by atoms with Gasteiger partial charge in [0, 0.05) is 36.2 Å². The number of ether oxygens (including phenoxy) is 3. The molecule has 2 atom stereocenters. The molecule has 1 heterocycles. The molecule has 1 amide bonds. The molecule has 0 spiro atoms. The molecule has 56 heavy (non-hydrogen) atoms. The number of rotatable bonds is 16. The molecule has 0 aliphatic carbocycles. The quantitative estimate of drug-likeness (QED) is 0.0670. The highest BCUT2D eigenvalue weighted by atomic mass is 32.2. The zero-order valence-corrected chi connectivity index (χ0v) is 37.8. The minimum atomic E-state index is -3.28. The third-order valence-corrected chi connectivity index (χ3v) is 8.74. The number of carbonyl (C=O) groups is 1. The number of benzene rings is 2. The van der Waals surface area contributed by atoms with E-state index in [1.807, 2.05) is 52.0 Å². The van der Waals surface area contributed by atoms with Crippen LogP contribution in [-0.4, -0.2) is 104 Å². The minimum absolute atomic E-state index is 0.123. The molecular weight excluding hydrogens is 733 g/mol. The molecule has 2 aromatic carbocycles. The summed E-state index contributed by atoms with van der Waals surface area (Å²) >= 11 is 0. The minimum Gasteiger partial charge on any atom is -0.491 e. The number of nitrogens with zero attached hydrogens (tertiary/aromatic N) is 1. The molecule has 3 rings (SSSR count). The van der Waals surface area contributed by atoms with Gasteiger partial charge in [-0.2, -0.15) is 8.42 Å². The van der Waals surface area contributed by atoms with Gasteiger partial charge in [-0.3, -0.25) is 13.9 Å². The van der Waals surface area contributed by atoms with Crippen molar-refractivity contribution >= 4 is 16.0 Å². The van der Waals surface area contributed by atoms with E-state index in [-0.39, 0.29) is 23.5 Å². The zero-order chi connectivity index (χ0) is 43.4. The first-order chi connectivity index (χ1) is 25.6. The molecule has 0 aromatic heterocycles. The monoisotopic (exact) mass is 809 g/mol. The van der Waals surface area contributed by atoms with Crippen LogP contribution in [-0.2, 0) is 29.2 Å². The van der Waals surface area contributed by atoms with Gasteiger partial charge in [0.05, 0.1) is 24.6 Å². The lowest BCUT2D eigenvalue weighted by Gasteiger charge is -2.26. The summed E-state index contributed by atoms with van der Waals surface area (Å²) in [5, 5.41) is 22.3. The fourth-order valence-electron chi connectivity index (χ4n) is 4.71. The van der Waals surface area contributed by atoms with Gasteiger partial charge in [0.1, 0.15) is 30.8 Å². The smallest absolute Gasteiger partial charge is 0.264 e. The Kier molecular flexibility index (Phi) is 23.4. The molecule has 1 aliphatic rings. The van der Waals surface area contributed by atoms with E-state index < -0.39 is 27.9 Å². The topological polar surface area (TPSA) is 144 Å². The molecule has 322 valence electrons. The maximum absolute atomic E-state index is 10.6. The predicted molar refractivity (Wildman–Crippen MR) is 229 cm³/mol. The second kappa shape index (κ2) is 24.7. The van der Waals surface area contributed by atoms with E-state index >= 15 is 0 Å². The summed E-state index contributed by atoms with van der Waals surface area (Å²) in [6, 6.07) is 16.0. The van der Waals surface area contributed by atoms with Crippen LogP contribution >= 0.6 is 0 Å². The van der Waals surface area contributed by atoms with Crippen LogP contribution in [0, 0.1) is 0 Å². The van der Waals surface area contributed by atoms with Crippen molar-refractivity contribution in [2.24, 2.45) is 0 Å². The third-order valence-electron chi connectivity index (χ3n) is 7.94. The Morgan fingerprint density at radius 3 is 1.52 bits per heavy atom. The molecule has 1 aliphatic heterocycles. The first-order valence-corrected chi connectivity index (χ1v) is 21.5. The highest BCUT2D eigenvalue weighted by Crippen LogP contribution is 2.33. The lowest BCUT2D eigenvalue weighted by molar-refractivity contribution is -0.117.